The highest BCUT2D eigenvalue weighted by Crippen LogP contribution is 2.40. The predicted molar refractivity (Wildman–Crippen MR) is 216 cm³/mol. The number of carbonyl (C=O) groups excluding carboxylic acids is 1. The zero-order valence-electron chi connectivity index (χ0n) is 34.2. The van der Waals surface area contributed by atoms with Crippen LogP contribution in [-0.4, -0.2) is 82.2 Å². The van der Waals surface area contributed by atoms with Crippen LogP contribution in [0.1, 0.15) is 115 Å². The number of hydrogen-bond acceptors (Lipinski definition) is 12. The molecule has 0 aliphatic carbocycles. The van der Waals surface area contributed by atoms with Crippen LogP contribution in [0.5, 0.6) is 11.5 Å². The Hall–Kier alpha value is -3.85. The van der Waals surface area contributed by atoms with Gasteiger partial charge in [0.15, 0.2) is 18.9 Å². The van der Waals surface area contributed by atoms with E-state index in [1.165, 1.54) is 0 Å². The van der Waals surface area contributed by atoms with Crippen molar-refractivity contribution in [1.29, 1.82) is 0 Å². The number of benzene rings is 3. The molecule has 0 spiro atoms. The van der Waals surface area contributed by atoms with Gasteiger partial charge in [-0.25, -0.2) is 4.79 Å². The van der Waals surface area contributed by atoms with Gasteiger partial charge in [0, 0.05) is 36.8 Å². The van der Waals surface area contributed by atoms with Crippen molar-refractivity contribution in [1.82, 2.24) is 0 Å². The van der Waals surface area contributed by atoms with Gasteiger partial charge < -0.3 is 53.2 Å². The van der Waals surface area contributed by atoms with E-state index in [0.29, 0.717) is 56.1 Å². The van der Waals surface area contributed by atoms with Crippen molar-refractivity contribution in [3.8, 4) is 11.5 Å². The van der Waals surface area contributed by atoms with E-state index in [2.05, 4.69) is 6.92 Å². The van der Waals surface area contributed by atoms with Gasteiger partial charge in [0.05, 0.1) is 48.8 Å². The van der Waals surface area contributed by atoms with Gasteiger partial charge in [-0.1, -0.05) is 67.6 Å². The van der Waals surface area contributed by atoms with Crippen LogP contribution in [0.25, 0.3) is 6.08 Å². The molecule has 12 heteroatoms. The van der Waals surface area contributed by atoms with E-state index in [0.717, 1.165) is 5.56 Å². The maximum absolute atomic E-state index is 12.5. The van der Waals surface area contributed by atoms with Crippen LogP contribution >= 0.6 is 0 Å². The molecule has 3 fully saturated rings. The quantitative estimate of drug-likeness (QED) is 0.106. The van der Waals surface area contributed by atoms with Crippen LogP contribution < -0.4 is 4.74 Å². The second-order valence-electron chi connectivity index (χ2n) is 16.6. The third-order valence-corrected chi connectivity index (χ3v) is 10.3. The molecule has 3 aromatic rings. The van der Waals surface area contributed by atoms with Crippen LogP contribution in [-0.2, 0) is 33.2 Å². The van der Waals surface area contributed by atoms with E-state index < -0.39 is 48.9 Å². The minimum atomic E-state index is -0.843. The summed E-state index contributed by atoms with van der Waals surface area (Å²) < 4.78 is 49.7. The van der Waals surface area contributed by atoms with Crippen LogP contribution in [0.15, 0.2) is 84.9 Å². The lowest BCUT2D eigenvalue weighted by Gasteiger charge is -2.42. The molecule has 3 heterocycles. The van der Waals surface area contributed by atoms with Gasteiger partial charge in [0.1, 0.15) is 17.1 Å². The molecule has 316 valence electrons. The topological polar surface area (TPSA) is 152 Å². The summed E-state index contributed by atoms with van der Waals surface area (Å²) >= 11 is 0. The summed E-state index contributed by atoms with van der Waals surface area (Å²) in [4.78, 5) is 12.5. The Morgan fingerprint density at radius 3 is 2.00 bits per heavy atom. The lowest BCUT2D eigenvalue weighted by Crippen LogP contribution is -2.43. The highest BCUT2D eigenvalue weighted by molar-refractivity contribution is 5.64. The predicted octanol–water partition coefficient (Wildman–Crippen LogP) is 8.68. The SMILES string of the molecule is CCC(O)CC(O)CC1CC(CC2CC(CC3CC(C)OC(/C=C/c4ccccc4)O3)OC(c3cccc(O)c3)O2)OC(c2cccc(OC(=O)OC(C)(C)C)c2)O1. The van der Waals surface area contributed by atoms with E-state index in [1.54, 1.807) is 57.2 Å². The minimum Gasteiger partial charge on any atom is -0.508 e. The van der Waals surface area contributed by atoms with Gasteiger partial charge in [-0.15, -0.1) is 0 Å². The zero-order chi connectivity index (χ0) is 41.2. The number of phenols is 1. The first-order chi connectivity index (χ1) is 27.8. The number of rotatable bonds is 14. The van der Waals surface area contributed by atoms with Gasteiger partial charge in [-0.05, 0) is 89.3 Å². The van der Waals surface area contributed by atoms with E-state index in [-0.39, 0.29) is 48.4 Å². The summed E-state index contributed by atoms with van der Waals surface area (Å²) in [5.74, 6) is 0.386. The van der Waals surface area contributed by atoms with Crippen molar-refractivity contribution >= 4 is 12.2 Å². The lowest BCUT2D eigenvalue weighted by molar-refractivity contribution is -0.285. The Labute approximate surface area is 342 Å². The lowest BCUT2D eigenvalue weighted by atomic mass is 9.93. The van der Waals surface area contributed by atoms with Crippen molar-refractivity contribution in [3.63, 3.8) is 0 Å². The molecule has 0 amide bonds. The number of aromatic hydroxyl groups is 1. The smallest absolute Gasteiger partial charge is 0.508 e. The van der Waals surface area contributed by atoms with Crippen molar-refractivity contribution < 1.29 is 58.0 Å². The van der Waals surface area contributed by atoms with Gasteiger partial charge in [0.2, 0.25) is 0 Å². The monoisotopic (exact) mass is 804 g/mol. The fourth-order valence-corrected chi connectivity index (χ4v) is 7.65. The summed E-state index contributed by atoms with van der Waals surface area (Å²) in [5, 5.41) is 31.6. The molecule has 11 atom stereocenters. The van der Waals surface area contributed by atoms with Crippen LogP contribution in [0.4, 0.5) is 4.79 Å². The Morgan fingerprint density at radius 2 is 1.36 bits per heavy atom. The van der Waals surface area contributed by atoms with E-state index in [4.69, 9.17) is 37.9 Å². The number of ether oxygens (including phenoxy) is 8. The number of phenolic OH excluding ortho intramolecular Hbond substituents is 1. The normalized spacial score (nSPS) is 29.1. The van der Waals surface area contributed by atoms with E-state index in [9.17, 15) is 20.1 Å². The molecule has 12 nitrogen and oxygen atoms in total. The first-order valence-electron chi connectivity index (χ1n) is 20.6. The molecular weight excluding hydrogens is 744 g/mol. The third-order valence-electron chi connectivity index (χ3n) is 10.3. The van der Waals surface area contributed by atoms with Crippen molar-refractivity contribution in [2.24, 2.45) is 0 Å². The summed E-state index contributed by atoms with van der Waals surface area (Å²) in [7, 11) is 0. The number of carbonyl (C=O) groups is 1. The van der Waals surface area contributed by atoms with Gasteiger partial charge in [0.25, 0.3) is 0 Å². The van der Waals surface area contributed by atoms with Gasteiger partial charge >= 0.3 is 6.16 Å². The summed E-state index contributed by atoms with van der Waals surface area (Å²) in [6.07, 6.45) is 2.05. The molecule has 0 bridgehead atoms. The van der Waals surface area contributed by atoms with Gasteiger partial charge in [-0.3, -0.25) is 0 Å². The molecule has 0 aromatic heterocycles. The molecular formula is C46H60O12. The first-order valence-corrected chi connectivity index (χ1v) is 20.6. The maximum Gasteiger partial charge on any atom is 0.514 e. The second kappa shape index (κ2) is 20.4. The summed E-state index contributed by atoms with van der Waals surface area (Å²) in [5.41, 5.74) is 1.66. The second-order valence-corrected chi connectivity index (χ2v) is 16.6. The molecule has 3 saturated heterocycles. The molecule has 3 aliphatic rings. The first kappa shape index (κ1) is 43.7. The zero-order valence-corrected chi connectivity index (χ0v) is 34.2. The summed E-state index contributed by atoms with van der Waals surface area (Å²) in [6, 6.07) is 23.8. The van der Waals surface area contributed by atoms with Crippen molar-refractivity contribution in [3.05, 3.63) is 102 Å². The van der Waals surface area contributed by atoms with Crippen molar-refractivity contribution in [2.45, 2.75) is 159 Å². The molecule has 3 aliphatic heterocycles. The van der Waals surface area contributed by atoms with E-state index in [1.807, 2.05) is 61.5 Å². The Morgan fingerprint density at radius 1 is 0.759 bits per heavy atom. The van der Waals surface area contributed by atoms with E-state index >= 15 is 0 Å². The third kappa shape index (κ3) is 13.6. The number of aliphatic hydroxyl groups is 2. The standard InChI is InChI=1S/C46H60O12/c1-6-33(47)23-35(49)24-38-26-40(56-44(53-38)32-15-11-17-36(22-32)57-45(50)58-46(3,4)5)28-41-27-39(54-43(55-41)31-14-10-16-34(48)21-31)25-37-20-29(2)51-42(52-37)19-18-30-12-8-7-9-13-30/h7-19,21-22,29,33,35,37-44,47-49H,6,20,23-28H2,1-5H3/b19-18+. The number of aliphatic hydroxyl groups excluding tert-OH is 2. The average molecular weight is 805 g/mol. The Kier molecular flexibility index (Phi) is 15.4. The molecule has 11 unspecified atom stereocenters. The molecule has 58 heavy (non-hydrogen) atoms. The van der Waals surface area contributed by atoms with Crippen LogP contribution in [0.2, 0.25) is 0 Å². The highest BCUT2D eigenvalue weighted by atomic mass is 16.7. The maximum atomic E-state index is 12.5. The van der Waals surface area contributed by atoms with Gasteiger partial charge in [-0.2, -0.15) is 0 Å². The fraction of sp³-hybridized carbons (Fsp3) is 0.543. The van der Waals surface area contributed by atoms with Crippen molar-refractivity contribution in [2.75, 3.05) is 0 Å². The molecule has 0 saturated carbocycles. The Balaban J connectivity index is 1.19. The highest BCUT2D eigenvalue weighted by Gasteiger charge is 2.39. The molecule has 0 radical (unpaired) electrons. The summed E-state index contributed by atoms with van der Waals surface area (Å²) in [6.45, 7) is 9.22. The molecule has 3 N–H and O–H groups in total. The number of hydrogen-bond donors (Lipinski definition) is 3. The largest absolute Gasteiger partial charge is 0.514 e. The average Bonchev–Trinajstić information content (AvgIpc) is 3.16. The Bertz CT molecular complexity index is 1760. The minimum absolute atomic E-state index is 0.0204. The van der Waals surface area contributed by atoms with Crippen LogP contribution in [0, 0.1) is 0 Å². The molecule has 3 aromatic carbocycles. The molecule has 6 rings (SSSR count). The van der Waals surface area contributed by atoms with Crippen LogP contribution in [0.3, 0.4) is 0 Å². The fourth-order valence-electron chi connectivity index (χ4n) is 7.65.